The van der Waals surface area contributed by atoms with Crippen LogP contribution in [0.15, 0.2) is 0 Å². The van der Waals surface area contributed by atoms with Crippen LogP contribution in [0.3, 0.4) is 0 Å². The molecule has 0 aliphatic carbocycles. The summed E-state index contributed by atoms with van der Waals surface area (Å²) in [5.74, 6) is 1.12. The zero-order valence-electron chi connectivity index (χ0n) is 16.5. The summed E-state index contributed by atoms with van der Waals surface area (Å²) in [5.41, 5.74) is 0. The van der Waals surface area contributed by atoms with Gasteiger partial charge < -0.3 is 10.6 Å². The molecule has 0 aliphatic rings. The third kappa shape index (κ3) is 12.4. The van der Waals surface area contributed by atoms with Crippen molar-refractivity contribution in [2.75, 3.05) is 13.1 Å². The van der Waals surface area contributed by atoms with Crippen molar-refractivity contribution in [1.29, 1.82) is 0 Å². The Morgan fingerprint density at radius 2 is 1.08 bits per heavy atom. The smallest absolute Gasteiger partial charge is 0.220 e. The highest BCUT2D eigenvalue weighted by molar-refractivity contribution is 5.83. The van der Waals surface area contributed by atoms with E-state index in [4.69, 9.17) is 0 Å². The third-order valence-corrected chi connectivity index (χ3v) is 4.84. The van der Waals surface area contributed by atoms with Gasteiger partial charge in [0.1, 0.15) is 0 Å². The highest BCUT2D eigenvalue weighted by Gasteiger charge is 2.11. The van der Waals surface area contributed by atoms with Gasteiger partial charge in [-0.2, -0.15) is 0 Å². The third-order valence-electron chi connectivity index (χ3n) is 4.84. The minimum absolute atomic E-state index is 0.00174. The molecule has 24 heavy (non-hydrogen) atoms. The minimum Gasteiger partial charge on any atom is -0.356 e. The summed E-state index contributed by atoms with van der Waals surface area (Å²) in [7, 11) is 0. The summed E-state index contributed by atoms with van der Waals surface area (Å²) in [6, 6.07) is 0. The standard InChI is InChI=1S/C20H40N2O2/c1-5-9-11-17(7-3)15-21-19(23)13-14-20(24)22-16-18(8-4)12-10-6-2/h17-18H,5-16H2,1-4H3,(H,21,23)(H,22,24). The van der Waals surface area contributed by atoms with Crippen LogP contribution in [-0.2, 0) is 9.59 Å². The first-order chi connectivity index (χ1) is 11.6. The first kappa shape index (κ1) is 22.9. The van der Waals surface area contributed by atoms with Crippen LogP contribution in [0, 0.1) is 11.8 Å². The number of hydrogen-bond acceptors (Lipinski definition) is 2. The van der Waals surface area contributed by atoms with E-state index in [9.17, 15) is 9.59 Å². The number of carbonyl (C=O) groups excluding carboxylic acids is 2. The molecule has 0 saturated heterocycles. The van der Waals surface area contributed by atoms with Crippen LogP contribution >= 0.6 is 0 Å². The summed E-state index contributed by atoms with van der Waals surface area (Å²) in [6.45, 7) is 10.2. The predicted octanol–water partition coefficient (Wildman–Crippen LogP) is 4.43. The number of nitrogens with one attached hydrogen (secondary N) is 2. The number of amides is 2. The molecule has 0 aromatic rings. The van der Waals surface area contributed by atoms with E-state index >= 15 is 0 Å². The van der Waals surface area contributed by atoms with Gasteiger partial charge in [-0.3, -0.25) is 9.59 Å². The quantitative estimate of drug-likeness (QED) is 0.463. The van der Waals surface area contributed by atoms with Crippen molar-refractivity contribution < 1.29 is 9.59 Å². The first-order valence-corrected chi connectivity index (χ1v) is 10.1. The zero-order valence-corrected chi connectivity index (χ0v) is 16.5. The van der Waals surface area contributed by atoms with Crippen molar-refractivity contribution in [1.82, 2.24) is 10.6 Å². The van der Waals surface area contributed by atoms with E-state index in [-0.39, 0.29) is 11.8 Å². The van der Waals surface area contributed by atoms with E-state index < -0.39 is 0 Å². The van der Waals surface area contributed by atoms with Crippen molar-refractivity contribution in [2.45, 2.75) is 91.9 Å². The molecule has 0 aromatic heterocycles. The van der Waals surface area contributed by atoms with E-state index in [0.717, 1.165) is 25.9 Å². The lowest BCUT2D eigenvalue weighted by Gasteiger charge is -2.16. The first-order valence-electron chi connectivity index (χ1n) is 10.1. The van der Waals surface area contributed by atoms with E-state index in [1.807, 2.05) is 0 Å². The molecule has 2 N–H and O–H groups in total. The van der Waals surface area contributed by atoms with Gasteiger partial charge >= 0.3 is 0 Å². The minimum atomic E-state index is -0.00174. The molecular weight excluding hydrogens is 300 g/mol. The van der Waals surface area contributed by atoms with Crippen LogP contribution in [-0.4, -0.2) is 24.9 Å². The molecule has 4 nitrogen and oxygen atoms in total. The Bertz CT molecular complexity index is 300. The van der Waals surface area contributed by atoms with E-state index in [1.165, 1.54) is 38.5 Å². The molecule has 4 heteroatoms. The Morgan fingerprint density at radius 1 is 0.708 bits per heavy atom. The molecule has 0 radical (unpaired) electrons. The van der Waals surface area contributed by atoms with E-state index in [1.54, 1.807) is 0 Å². The number of hydrogen-bond donors (Lipinski definition) is 2. The predicted molar refractivity (Wildman–Crippen MR) is 102 cm³/mol. The molecule has 2 unspecified atom stereocenters. The fourth-order valence-corrected chi connectivity index (χ4v) is 2.81. The van der Waals surface area contributed by atoms with Crippen LogP contribution in [0.25, 0.3) is 0 Å². The van der Waals surface area contributed by atoms with E-state index in [0.29, 0.717) is 24.7 Å². The maximum atomic E-state index is 11.9. The molecule has 0 aromatic carbocycles. The lowest BCUT2D eigenvalue weighted by molar-refractivity contribution is -0.126. The molecule has 142 valence electrons. The van der Waals surface area contributed by atoms with Gasteiger partial charge in [0.25, 0.3) is 0 Å². The van der Waals surface area contributed by atoms with Crippen LogP contribution in [0.1, 0.15) is 91.9 Å². The average Bonchev–Trinajstić information content (AvgIpc) is 2.60. The summed E-state index contributed by atoms with van der Waals surface area (Å²) in [5, 5.41) is 5.97. The number of carbonyl (C=O) groups is 2. The second-order valence-electron chi connectivity index (χ2n) is 6.94. The molecule has 2 atom stereocenters. The molecule has 0 bridgehead atoms. The summed E-state index contributed by atoms with van der Waals surface area (Å²) in [4.78, 5) is 23.8. The van der Waals surface area contributed by atoms with Gasteiger partial charge in [0.05, 0.1) is 0 Å². The molecule has 0 heterocycles. The van der Waals surface area contributed by atoms with Crippen LogP contribution in [0.4, 0.5) is 0 Å². The van der Waals surface area contributed by atoms with Crippen LogP contribution in [0.5, 0.6) is 0 Å². The maximum absolute atomic E-state index is 11.9. The highest BCUT2D eigenvalue weighted by Crippen LogP contribution is 2.12. The van der Waals surface area contributed by atoms with Gasteiger partial charge in [-0.05, 0) is 24.7 Å². The van der Waals surface area contributed by atoms with Crippen LogP contribution < -0.4 is 10.6 Å². The van der Waals surface area contributed by atoms with Gasteiger partial charge in [0.2, 0.25) is 11.8 Å². The zero-order chi connectivity index (χ0) is 18.2. The Morgan fingerprint density at radius 3 is 1.38 bits per heavy atom. The molecule has 0 rings (SSSR count). The lowest BCUT2D eigenvalue weighted by atomic mass is 9.99. The molecular formula is C20H40N2O2. The molecule has 0 saturated carbocycles. The van der Waals surface area contributed by atoms with Gasteiger partial charge in [0.15, 0.2) is 0 Å². The molecule has 0 spiro atoms. The SMILES string of the molecule is CCCCC(CC)CNC(=O)CCC(=O)NCC(CC)CCCC. The summed E-state index contributed by atoms with van der Waals surface area (Å²) >= 11 is 0. The van der Waals surface area contributed by atoms with Crippen molar-refractivity contribution in [2.24, 2.45) is 11.8 Å². The second kappa shape index (κ2) is 15.5. The molecule has 0 fully saturated rings. The van der Waals surface area contributed by atoms with E-state index in [2.05, 4.69) is 38.3 Å². The van der Waals surface area contributed by atoms with Gasteiger partial charge in [0, 0.05) is 25.9 Å². The normalized spacial score (nSPS) is 13.3. The average molecular weight is 341 g/mol. The Balaban J connectivity index is 3.86. The maximum Gasteiger partial charge on any atom is 0.220 e. The Hall–Kier alpha value is -1.06. The van der Waals surface area contributed by atoms with Gasteiger partial charge in [-0.15, -0.1) is 0 Å². The second-order valence-corrected chi connectivity index (χ2v) is 6.94. The number of rotatable bonds is 15. The Labute approximate surface area is 149 Å². The van der Waals surface area contributed by atoms with Crippen LogP contribution in [0.2, 0.25) is 0 Å². The monoisotopic (exact) mass is 340 g/mol. The van der Waals surface area contributed by atoms with Gasteiger partial charge in [-0.1, -0.05) is 66.2 Å². The fraction of sp³-hybridized carbons (Fsp3) is 0.900. The van der Waals surface area contributed by atoms with Crippen molar-refractivity contribution in [3.63, 3.8) is 0 Å². The summed E-state index contributed by atoms with van der Waals surface area (Å²) < 4.78 is 0. The molecule has 0 aliphatic heterocycles. The van der Waals surface area contributed by atoms with Crippen molar-refractivity contribution >= 4 is 11.8 Å². The lowest BCUT2D eigenvalue weighted by Crippen LogP contribution is -2.32. The molecule has 2 amide bonds. The van der Waals surface area contributed by atoms with Gasteiger partial charge in [-0.25, -0.2) is 0 Å². The highest BCUT2D eigenvalue weighted by atomic mass is 16.2. The summed E-state index contributed by atoms with van der Waals surface area (Å²) in [6.07, 6.45) is 9.94. The largest absolute Gasteiger partial charge is 0.356 e. The Kier molecular flexibility index (Phi) is 14.8. The number of unbranched alkanes of at least 4 members (excludes halogenated alkanes) is 2. The van der Waals surface area contributed by atoms with Crippen molar-refractivity contribution in [3.05, 3.63) is 0 Å². The topological polar surface area (TPSA) is 58.2 Å². The van der Waals surface area contributed by atoms with Crippen molar-refractivity contribution in [3.8, 4) is 0 Å². The fourth-order valence-electron chi connectivity index (χ4n) is 2.81.